The summed E-state index contributed by atoms with van der Waals surface area (Å²) in [6.45, 7) is 4.42. The molecule has 152 valence electrons. The lowest BCUT2D eigenvalue weighted by atomic mass is 10.2. The van der Waals surface area contributed by atoms with Crippen molar-refractivity contribution in [3.05, 3.63) is 70.0 Å². The number of rotatable bonds is 6. The molecule has 4 rings (SSSR count). The van der Waals surface area contributed by atoms with Gasteiger partial charge in [0.2, 0.25) is 5.56 Å². The summed E-state index contributed by atoms with van der Waals surface area (Å²) in [7, 11) is 0. The number of benzene rings is 2. The highest BCUT2D eigenvalue weighted by molar-refractivity contribution is 6.30. The molecule has 0 aliphatic carbocycles. The van der Waals surface area contributed by atoms with Crippen LogP contribution in [0.3, 0.4) is 0 Å². The molecule has 7 heteroatoms. The summed E-state index contributed by atoms with van der Waals surface area (Å²) >= 11 is 5.96. The maximum atomic E-state index is 11.4. The molecule has 6 nitrogen and oxygen atoms in total. The minimum absolute atomic E-state index is 0.127. The lowest BCUT2D eigenvalue weighted by Gasteiger charge is -2.36. The van der Waals surface area contributed by atoms with E-state index >= 15 is 0 Å². The third-order valence-electron chi connectivity index (χ3n) is 5.17. The van der Waals surface area contributed by atoms with Crippen molar-refractivity contribution in [2.45, 2.75) is 6.10 Å². The van der Waals surface area contributed by atoms with E-state index in [1.165, 1.54) is 11.8 Å². The molecular weight excluding hydrogens is 390 g/mol. The molecule has 1 aromatic heterocycles. The van der Waals surface area contributed by atoms with E-state index < -0.39 is 6.10 Å². The fourth-order valence-corrected chi connectivity index (χ4v) is 3.73. The minimum atomic E-state index is -0.566. The van der Waals surface area contributed by atoms with Gasteiger partial charge in [0.1, 0.15) is 18.5 Å². The number of aromatic nitrogens is 1. The van der Waals surface area contributed by atoms with Crippen molar-refractivity contribution >= 4 is 28.2 Å². The topological polar surface area (TPSA) is 68.8 Å². The standard InChI is InChI=1S/C22H24ClN3O3/c23-17-2-4-18(5-3-17)26-11-9-25(10-12-26)14-19(27)15-29-20-6-7-21-16(13-20)1-8-22(28)24-21/h1-8,13,19,27H,9-12,14-15H2,(H,24,28). The molecule has 1 aliphatic heterocycles. The number of hydrogen-bond acceptors (Lipinski definition) is 5. The van der Waals surface area contributed by atoms with Crippen molar-refractivity contribution in [2.24, 2.45) is 0 Å². The fourth-order valence-electron chi connectivity index (χ4n) is 3.61. The molecular formula is C22H24ClN3O3. The number of fused-ring (bicyclic) bond motifs is 1. The van der Waals surface area contributed by atoms with Gasteiger partial charge in [-0.15, -0.1) is 0 Å². The summed E-state index contributed by atoms with van der Waals surface area (Å²) in [4.78, 5) is 18.7. The lowest BCUT2D eigenvalue weighted by Crippen LogP contribution is -2.49. The molecule has 0 bridgehead atoms. The zero-order valence-corrected chi connectivity index (χ0v) is 16.8. The highest BCUT2D eigenvalue weighted by Gasteiger charge is 2.19. The number of aromatic amines is 1. The van der Waals surface area contributed by atoms with E-state index in [-0.39, 0.29) is 12.2 Å². The Balaban J connectivity index is 1.25. The number of halogens is 1. The number of nitrogens with zero attached hydrogens (tertiary/aromatic N) is 2. The smallest absolute Gasteiger partial charge is 0.248 e. The summed E-state index contributed by atoms with van der Waals surface area (Å²) in [6, 6.07) is 16.6. The highest BCUT2D eigenvalue weighted by atomic mass is 35.5. The zero-order chi connectivity index (χ0) is 20.2. The Hall–Kier alpha value is -2.54. The molecule has 1 saturated heterocycles. The van der Waals surface area contributed by atoms with Crippen LogP contribution in [0.2, 0.25) is 5.02 Å². The van der Waals surface area contributed by atoms with E-state index in [4.69, 9.17) is 16.3 Å². The Bertz CT molecular complexity index is 1010. The van der Waals surface area contributed by atoms with E-state index in [1.807, 2.05) is 36.4 Å². The second kappa shape index (κ2) is 8.86. The predicted octanol–water partition coefficient (Wildman–Crippen LogP) is 2.74. The quantitative estimate of drug-likeness (QED) is 0.650. The number of ether oxygens (including phenoxy) is 1. The van der Waals surface area contributed by atoms with Crippen LogP contribution in [-0.4, -0.2) is 60.4 Å². The average molecular weight is 414 g/mol. The number of β-amino-alcohol motifs (C(OH)–C–C–N with tert-alkyl or cyclic N) is 1. The molecule has 0 radical (unpaired) electrons. The number of nitrogens with one attached hydrogen (secondary N) is 1. The molecule has 3 aromatic rings. The van der Waals surface area contributed by atoms with Gasteiger partial charge in [-0.05, 0) is 48.5 Å². The summed E-state index contributed by atoms with van der Waals surface area (Å²) in [5.41, 5.74) is 1.82. The molecule has 29 heavy (non-hydrogen) atoms. The monoisotopic (exact) mass is 413 g/mol. The van der Waals surface area contributed by atoms with Crippen LogP contribution in [0.5, 0.6) is 5.75 Å². The van der Waals surface area contributed by atoms with Crippen molar-refractivity contribution in [1.29, 1.82) is 0 Å². The molecule has 0 amide bonds. The third-order valence-corrected chi connectivity index (χ3v) is 5.42. The van der Waals surface area contributed by atoms with E-state index in [0.717, 1.165) is 42.1 Å². The largest absolute Gasteiger partial charge is 0.491 e. The molecule has 1 aliphatic rings. The van der Waals surface area contributed by atoms with Gasteiger partial charge in [0.15, 0.2) is 0 Å². The molecule has 2 aromatic carbocycles. The van der Waals surface area contributed by atoms with Crippen molar-refractivity contribution in [1.82, 2.24) is 9.88 Å². The number of pyridine rings is 1. The average Bonchev–Trinajstić information content (AvgIpc) is 2.73. The lowest BCUT2D eigenvalue weighted by molar-refractivity contribution is 0.0663. The van der Waals surface area contributed by atoms with Gasteiger partial charge in [0.25, 0.3) is 0 Å². The van der Waals surface area contributed by atoms with Gasteiger partial charge in [-0.3, -0.25) is 9.69 Å². The first-order chi connectivity index (χ1) is 14.1. The van der Waals surface area contributed by atoms with E-state index in [0.29, 0.717) is 12.3 Å². The van der Waals surface area contributed by atoms with Crippen molar-refractivity contribution in [3.63, 3.8) is 0 Å². The number of H-pyrrole nitrogens is 1. The van der Waals surface area contributed by atoms with Crippen molar-refractivity contribution < 1.29 is 9.84 Å². The number of aliphatic hydroxyl groups is 1. The van der Waals surface area contributed by atoms with Crippen LogP contribution < -0.4 is 15.2 Å². The maximum Gasteiger partial charge on any atom is 0.248 e. The second-order valence-electron chi connectivity index (χ2n) is 7.30. The second-order valence-corrected chi connectivity index (χ2v) is 7.74. The highest BCUT2D eigenvalue weighted by Crippen LogP contribution is 2.20. The van der Waals surface area contributed by atoms with Crippen LogP contribution in [0.15, 0.2) is 59.4 Å². The summed E-state index contributed by atoms with van der Waals surface area (Å²) in [6.07, 6.45) is -0.566. The van der Waals surface area contributed by atoms with Crippen LogP contribution in [0.1, 0.15) is 0 Å². The summed E-state index contributed by atoms with van der Waals surface area (Å²) in [5, 5.41) is 12.0. The molecule has 1 fully saturated rings. The molecule has 2 N–H and O–H groups in total. The molecule has 0 spiro atoms. The number of piperazine rings is 1. The van der Waals surface area contributed by atoms with Gasteiger partial charge in [0, 0.05) is 60.4 Å². The number of aliphatic hydroxyl groups excluding tert-OH is 1. The maximum absolute atomic E-state index is 11.4. The van der Waals surface area contributed by atoms with Gasteiger partial charge in [-0.1, -0.05) is 11.6 Å². The van der Waals surface area contributed by atoms with Gasteiger partial charge in [0.05, 0.1) is 0 Å². The normalized spacial score (nSPS) is 16.1. The van der Waals surface area contributed by atoms with Crippen LogP contribution >= 0.6 is 11.6 Å². The van der Waals surface area contributed by atoms with Crippen molar-refractivity contribution in [3.8, 4) is 5.75 Å². The first-order valence-electron chi connectivity index (χ1n) is 9.74. The Morgan fingerprint density at radius 2 is 1.79 bits per heavy atom. The SMILES string of the molecule is O=c1ccc2cc(OCC(O)CN3CCN(c4ccc(Cl)cc4)CC3)ccc2[nH]1. The first kappa shape index (κ1) is 19.8. The van der Waals surface area contributed by atoms with Gasteiger partial charge >= 0.3 is 0 Å². The molecule has 1 atom stereocenters. The van der Waals surface area contributed by atoms with E-state index in [1.54, 1.807) is 12.1 Å². The minimum Gasteiger partial charge on any atom is -0.491 e. The predicted molar refractivity (Wildman–Crippen MR) is 116 cm³/mol. The number of anilines is 1. The molecule has 1 unspecified atom stereocenters. The van der Waals surface area contributed by atoms with Crippen LogP contribution in [0.25, 0.3) is 10.9 Å². The zero-order valence-electron chi connectivity index (χ0n) is 16.1. The van der Waals surface area contributed by atoms with E-state index in [2.05, 4.69) is 14.8 Å². The fraction of sp³-hybridized carbons (Fsp3) is 0.318. The molecule has 0 saturated carbocycles. The third kappa shape index (κ3) is 5.09. The Morgan fingerprint density at radius 3 is 2.55 bits per heavy atom. The van der Waals surface area contributed by atoms with Gasteiger partial charge < -0.3 is 19.7 Å². The van der Waals surface area contributed by atoms with Crippen LogP contribution in [0, 0.1) is 0 Å². The van der Waals surface area contributed by atoms with E-state index in [9.17, 15) is 9.90 Å². The van der Waals surface area contributed by atoms with Crippen molar-refractivity contribution in [2.75, 3.05) is 44.2 Å². The molecule has 2 heterocycles. The summed E-state index contributed by atoms with van der Waals surface area (Å²) < 4.78 is 5.76. The Morgan fingerprint density at radius 1 is 1.03 bits per heavy atom. The Kier molecular flexibility index (Phi) is 6.04. The number of hydrogen-bond donors (Lipinski definition) is 2. The van der Waals surface area contributed by atoms with Gasteiger partial charge in [-0.25, -0.2) is 0 Å². The van der Waals surface area contributed by atoms with Crippen LogP contribution in [-0.2, 0) is 0 Å². The van der Waals surface area contributed by atoms with Crippen LogP contribution in [0.4, 0.5) is 5.69 Å². The Labute approximate surface area is 174 Å². The summed E-state index contributed by atoms with van der Waals surface area (Å²) in [5.74, 6) is 0.677. The van der Waals surface area contributed by atoms with Gasteiger partial charge in [-0.2, -0.15) is 0 Å². The first-order valence-corrected chi connectivity index (χ1v) is 10.1.